The van der Waals surface area contributed by atoms with Crippen LogP contribution < -0.4 is 5.32 Å². The lowest BCUT2D eigenvalue weighted by Crippen LogP contribution is -2.16. The lowest BCUT2D eigenvalue weighted by molar-refractivity contribution is 0.0602. The van der Waals surface area contributed by atoms with Crippen molar-refractivity contribution in [3.8, 4) is 0 Å². The van der Waals surface area contributed by atoms with E-state index in [0.29, 0.717) is 11.3 Å². The van der Waals surface area contributed by atoms with E-state index in [2.05, 4.69) is 10.3 Å². The standard InChI is InChI=1S/C14H15N3O3/c1-9-4-5-11(10(6-9)14(19)20-3)16-13(18)12-7-17(2)8-15-12/h4-8H,1-3H3,(H,16,18). The van der Waals surface area contributed by atoms with E-state index in [1.165, 1.54) is 13.4 Å². The van der Waals surface area contributed by atoms with E-state index in [0.717, 1.165) is 5.56 Å². The molecule has 2 rings (SSSR count). The number of imidazole rings is 1. The molecule has 104 valence electrons. The fraction of sp³-hybridized carbons (Fsp3) is 0.214. The number of ether oxygens (including phenoxy) is 1. The molecule has 0 fully saturated rings. The maximum absolute atomic E-state index is 12.0. The Hall–Kier alpha value is -2.63. The van der Waals surface area contributed by atoms with E-state index in [1.807, 2.05) is 6.92 Å². The van der Waals surface area contributed by atoms with Gasteiger partial charge in [-0.2, -0.15) is 0 Å². The number of esters is 1. The van der Waals surface area contributed by atoms with Gasteiger partial charge in [-0.05, 0) is 19.1 Å². The first-order valence-corrected chi connectivity index (χ1v) is 5.99. The molecule has 0 saturated heterocycles. The molecular formula is C14H15N3O3. The van der Waals surface area contributed by atoms with Crippen molar-refractivity contribution in [2.24, 2.45) is 7.05 Å². The summed E-state index contributed by atoms with van der Waals surface area (Å²) in [6.07, 6.45) is 3.13. The van der Waals surface area contributed by atoms with Crippen molar-refractivity contribution in [1.82, 2.24) is 9.55 Å². The maximum atomic E-state index is 12.0. The number of hydrogen-bond donors (Lipinski definition) is 1. The lowest BCUT2D eigenvalue weighted by atomic mass is 10.1. The third kappa shape index (κ3) is 2.85. The van der Waals surface area contributed by atoms with Gasteiger partial charge in [-0.1, -0.05) is 11.6 Å². The van der Waals surface area contributed by atoms with Crippen LogP contribution in [0.3, 0.4) is 0 Å². The number of carbonyl (C=O) groups excluding carboxylic acids is 2. The number of amides is 1. The molecule has 0 spiro atoms. The van der Waals surface area contributed by atoms with E-state index in [1.54, 1.807) is 36.0 Å². The molecule has 6 heteroatoms. The molecule has 0 radical (unpaired) electrons. The average Bonchev–Trinajstić information content (AvgIpc) is 2.86. The minimum absolute atomic E-state index is 0.281. The second-order valence-corrected chi connectivity index (χ2v) is 4.42. The van der Waals surface area contributed by atoms with Gasteiger partial charge in [0.1, 0.15) is 5.69 Å². The van der Waals surface area contributed by atoms with Crippen LogP contribution in [0.2, 0.25) is 0 Å². The molecule has 1 aromatic heterocycles. The topological polar surface area (TPSA) is 73.2 Å². The normalized spacial score (nSPS) is 10.2. The Balaban J connectivity index is 2.29. The summed E-state index contributed by atoms with van der Waals surface area (Å²) < 4.78 is 6.39. The third-order valence-electron chi connectivity index (χ3n) is 2.77. The Kier molecular flexibility index (Phi) is 3.84. The van der Waals surface area contributed by atoms with Crippen molar-refractivity contribution in [2.75, 3.05) is 12.4 Å². The summed E-state index contributed by atoms with van der Waals surface area (Å²) in [5.74, 6) is -0.871. The highest BCUT2D eigenvalue weighted by Gasteiger charge is 2.16. The highest BCUT2D eigenvalue weighted by atomic mass is 16.5. The second kappa shape index (κ2) is 5.56. The molecule has 2 aromatic rings. The van der Waals surface area contributed by atoms with Crippen LogP contribution in [0.25, 0.3) is 0 Å². The fourth-order valence-electron chi connectivity index (χ4n) is 1.76. The SMILES string of the molecule is COC(=O)c1cc(C)ccc1NC(=O)c1cn(C)cn1. The Morgan fingerprint density at radius 1 is 1.35 bits per heavy atom. The van der Waals surface area contributed by atoms with Crippen molar-refractivity contribution in [2.45, 2.75) is 6.92 Å². The molecule has 1 aromatic carbocycles. The van der Waals surface area contributed by atoms with Gasteiger partial charge in [0.05, 0.1) is 24.7 Å². The number of nitrogens with one attached hydrogen (secondary N) is 1. The third-order valence-corrected chi connectivity index (χ3v) is 2.77. The monoisotopic (exact) mass is 273 g/mol. The molecular weight excluding hydrogens is 258 g/mol. The number of anilines is 1. The zero-order chi connectivity index (χ0) is 14.7. The van der Waals surface area contributed by atoms with Crippen LogP contribution in [0.5, 0.6) is 0 Å². The number of aryl methyl sites for hydroxylation is 2. The molecule has 1 N–H and O–H groups in total. The van der Waals surface area contributed by atoms with Crippen molar-refractivity contribution in [3.63, 3.8) is 0 Å². The van der Waals surface area contributed by atoms with Crippen LogP contribution in [-0.2, 0) is 11.8 Å². The van der Waals surface area contributed by atoms with Crippen LogP contribution in [-0.4, -0.2) is 28.5 Å². The van der Waals surface area contributed by atoms with Crippen molar-refractivity contribution in [3.05, 3.63) is 47.5 Å². The van der Waals surface area contributed by atoms with Gasteiger partial charge >= 0.3 is 5.97 Å². The van der Waals surface area contributed by atoms with E-state index >= 15 is 0 Å². The van der Waals surface area contributed by atoms with Crippen molar-refractivity contribution >= 4 is 17.6 Å². The van der Waals surface area contributed by atoms with Crippen LogP contribution in [0, 0.1) is 6.92 Å². The van der Waals surface area contributed by atoms with Gasteiger partial charge in [-0.15, -0.1) is 0 Å². The summed E-state index contributed by atoms with van der Waals surface area (Å²) in [5, 5.41) is 2.67. The molecule has 0 unspecified atom stereocenters. The Morgan fingerprint density at radius 2 is 2.10 bits per heavy atom. The summed E-state index contributed by atoms with van der Waals surface area (Å²) >= 11 is 0. The summed E-state index contributed by atoms with van der Waals surface area (Å²) in [4.78, 5) is 27.7. The minimum Gasteiger partial charge on any atom is -0.465 e. The van der Waals surface area contributed by atoms with Crippen LogP contribution in [0.15, 0.2) is 30.7 Å². The quantitative estimate of drug-likeness (QED) is 0.865. The predicted molar refractivity (Wildman–Crippen MR) is 73.7 cm³/mol. The van der Waals surface area contributed by atoms with Gasteiger partial charge < -0.3 is 14.6 Å². The predicted octanol–water partition coefficient (Wildman–Crippen LogP) is 1.77. The molecule has 1 amide bonds. The van der Waals surface area contributed by atoms with Crippen molar-refractivity contribution < 1.29 is 14.3 Å². The van der Waals surface area contributed by atoms with E-state index in [-0.39, 0.29) is 11.6 Å². The van der Waals surface area contributed by atoms with E-state index in [9.17, 15) is 9.59 Å². The number of rotatable bonds is 3. The van der Waals surface area contributed by atoms with Crippen LogP contribution in [0.4, 0.5) is 5.69 Å². The molecule has 1 heterocycles. The molecule has 20 heavy (non-hydrogen) atoms. The van der Waals surface area contributed by atoms with E-state index < -0.39 is 5.97 Å². The first kappa shape index (κ1) is 13.8. The average molecular weight is 273 g/mol. The number of methoxy groups -OCH3 is 1. The Morgan fingerprint density at radius 3 is 2.70 bits per heavy atom. The molecule has 0 aliphatic carbocycles. The minimum atomic E-state index is -0.495. The number of benzene rings is 1. The number of aromatic nitrogens is 2. The van der Waals surface area contributed by atoms with Crippen molar-refractivity contribution in [1.29, 1.82) is 0 Å². The molecule has 0 bridgehead atoms. The highest BCUT2D eigenvalue weighted by Crippen LogP contribution is 2.19. The number of nitrogens with zero attached hydrogens (tertiary/aromatic N) is 2. The second-order valence-electron chi connectivity index (χ2n) is 4.42. The Labute approximate surface area is 116 Å². The fourth-order valence-corrected chi connectivity index (χ4v) is 1.76. The van der Waals surface area contributed by atoms with Gasteiger partial charge in [0, 0.05) is 13.2 Å². The zero-order valence-electron chi connectivity index (χ0n) is 11.5. The largest absolute Gasteiger partial charge is 0.465 e. The first-order valence-electron chi connectivity index (χ1n) is 5.99. The molecule has 0 atom stereocenters. The van der Waals surface area contributed by atoms with E-state index in [4.69, 9.17) is 4.74 Å². The lowest BCUT2D eigenvalue weighted by Gasteiger charge is -2.09. The van der Waals surface area contributed by atoms with Gasteiger partial charge in [0.15, 0.2) is 0 Å². The molecule has 6 nitrogen and oxygen atoms in total. The number of hydrogen-bond acceptors (Lipinski definition) is 4. The summed E-state index contributed by atoms with van der Waals surface area (Å²) in [7, 11) is 3.07. The summed E-state index contributed by atoms with van der Waals surface area (Å²) in [5.41, 5.74) is 1.90. The van der Waals surface area contributed by atoms with Crippen LogP contribution in [0.1, 0.15) is 26.4 Å². The zero-order valence-corrected chi connectivity index (χ0v) is 11.5. The Bertz CT molecular complexity index is 661. The number of carbonyl (C=O) groups is 2. The summed E-state index contributed by atoms with van der Waals surface area (Å²) in [6.45, 7) is 1.86. The highest BCUT2D eigenvalue weighted by molar-refractivity contribution is 6.07. The van der Waals surface area contributed by atoms with Gasteiger partial charge in [0.25, 0.3) is 5.91 Å². The van der Waals surface area contributed by atoms with Gasteiger partial charge in [0.2, 0.25) is 0 Å². The molecule has 0 aliphatic heterocycles. The molecule has 0 aliphatic rings. The molecule has 0 saturated carbocycles. The summed E-state index contributed by atoms with van der Waals surface area (Å²) in [6, 6.07) is 5.14. The van der Waals surface area contributed by atoms with Gasteiger partial charge in [-0.3, -0.25) is 4.79 Å². The van der Waals surface area contributed by atoms with Gasteiger partial charge in [-0.25, -0.2) is 9.78 Å². The maximum Gasteiger partial charge on any atom is 0.339 e. The van der Waals surface area contributed by atoms with Crippen LogP contribution >= 0.6 is 0 Å². The smallest absolute Gasteiger partial charge is 0.339 e. The first-order chi connectivity index (χ1) is 9.51.